The third-order valence-electron chi connectivity index (χ3n) is 2.45. The molecule has 1 heterocycles. The Kier molecular flexibility index (Phi) is 6.05. The molecular formula is C11H19BrN2O2. The highest BCUT2D eigenvalue weighted by Gasteiger charge is 2.15. The first-order valence-electron chi connectivity index (χ1n) is 5.49. The van der Waals surface area contributed by atoms with Crippen LogP contribution in [-0.4, -0.2) is 24.3 Å². The Hall–Kier alpha value is -0.360. The minimum Gasteiger partial charge on any atom is -0.453 e. The molecule has 0 aliphatic heterocycles. The predicted octanol–water partition coefficient (Wildman–Crippen LogP) is 1.79. The Morgan fingerprint density at radius 1 is 1.56 bits per heavy atom. The van der Waals surface area contributed by atoms with Crippen LogP contribution in [0.2, 0.25) is 0 Å². The van der Waals surface area contributed by atoms with Gasteiger partial charge in [-0.05, 0) is 47.8 Å². The van der Waals surface area contributed by atoms with Crippen LogP contribution in [0.25, 0.3) is 0 Å². The summed E-state index contributed by atoms with van der Waals surface area (Å²) in [6.07, 6.45) is 1.72. The van der Waals surface area contributed by atoms with Crippen LogP contribution in [0.3, 0.4) is 0 Å². The van der Waals surface area contributed by atoms with E-state index in [9.17, 15) is 0 Å². The van der Waals surface area contributed by atoms with E-state index in [1.807, 2.05) is 12.1 Å². The molecule has 0 aliphatic carbocycles. The first-order valence-corrected chi connectivity index (χ1v) is 6.29. The first-order chi connectivity index (χ1) is 7.67. The summed E-state index contributed by atoms with van der Waals surface area (Å²) >= 11 is 3.27. The number of furan rings is 1. The quantitative estimate of drug-likeness (QED) is 0.716. The van der Waals surface area contributed by atoms with Gasteiger partial charge in [0.1, 0.15) is 5.76 Å². The molecule has 0 spiro atoms. The van der Waals surface area contributed by atoms with Crippen LogP contribution >= 0.6 is 15.9 Å². The lowest BCUT2D eigenvalue weighted by Crippen LogP contribution is -2.34. The van der Waals surface area contributed by atoms with Crippen molar-refractivity contribution in [3.05, 3.63) is 22.6 Å². The zero-order chi connectivity index (χ0) is 12.0. The predicted molar refractivity (Wildman–Crippen MR) is 67.1 cm³/mol. The molecule has 16 heavy (non-hydrogen) atoms. The van der Waals surface area contributed by atoms with Crippen LogP contribution in [0.1, 0.15) is 31.6 Å². The summed E-state index contributed by atoms with van der Waals surface area (Å²) in [7, 11) is 0. The molecule has 0 amide bonds. The first kappa shape index (κ1) is 13.7. The number of halogens is 1. The van der Waals surface area contributed by atoms with Gasteiger partial charge in [0.2, 0.25) is 0 Å². The van der Waals surface area contributed by atoms with Crippen molar-refractivity contribution in [1.29, 1.82) is 0 Å². The van der Waals surface area contributed by atoms with E-state index in [0.717, 1.165) is 18.6 Å². The highest BCUT2D eigenvalue weighted by Crippen LogP contribution is 2.20. The zero-order valence-electron chi connectivity index (χ0n) is 9.45. The molecule has 4 nitrogen and oxygen atoms in total. The van der Waals surface area contributed by atoms with Crippen LogP contribution in [0.5, 0.6) is 0 Å². The van der Waals surface area contributed by atoms with Crippen molar-refractivity contribution in [1.82, 2.24) is 5.32 Å². The van der Waals surface area contributed by atoms with E-state index in [1.54, 1.807) is 0 Å². The van der Waals surface area contributed by atoms with Crippen LogP contribution in [0.15, 0.2) is 21.2 Å². The highest BCUT2D eigenvalue weighted by atomic mass is 79.9. The van der Waals surface area contributed by atoms with Gasteiger partial charge in [-0.2, -0.15) is 0 Å². The molecule has 4 N–H and O–H groups in total. The van der Waals surface area contributed by atoms with Gasteiger partial charge in [0.25, 0.3) is 0 Å². The molecule has 0 bridgehead atoms. The van der Waals surface area contributed by atoms with Gasteiger partial charge in [-0.15, -0.1) is 0 Å². The third kappa shape index (κ3) is 4.25. The molecule has 2 atom stereocenters. The topological polar surface area (TPSA) is 71.4 Å². The van der Waals surface area contributed by atoms with Gasteiger partial charge in [-0.3, -0.25) is 0 Å². The van der Waals surface area contributed by atoms with Crippen molar-refractivity contribution in [2.45, 2.75) is 31.8 Å². The molecule has 1 rings (SSSR count). The number of hydrogen-bond donors (Lipinski definition) is 3. The fourth-order valence-electron chi connectivity index (χ4n) is 1.61. The lowest BCUT2D eigenvalue weighted by molar-refractivity contribution is 0.271. The van der Waals surface area contributed by atoms with Crippen LogP contribution < -0.4 is 11.1 Å². The van der Waals surface area contributed by atoms with E-state index in [4.69, 9.17) is 15.3 Å². The van der Waals surface area contributed by atoms with E-state index in [1.165, 1.54) is 0 Å². The van der Waals surface area contributed by atoms with Gasteiger partial charge >= 0.3 is 0 Å². The molecule has 0 saturated heterocycles. The van der Waals surface area contributed by atoms with E-state index in [-0.39, 0.29) is 12.6 Å². The van der Waals surface area contributed by atoms with Crippen molar-refractivity contribution in [3.63, 3.8) is 0 Å². The van der Waals surface area contributed by atoms with E-state index in [0.29, 0.717) is 17.3 Å². The summed E-state index contributed by atoms with van der Waals surface area (Å²) in [6, 6.07) is 4.11. The Labute approximate surface area is 104 Å². The molecule has 1 aromatic heterocycles. The summed E-state index contributed by atoms with van der Waals surface area (Å²) in [5.41, 5.74) is 5.70. The van der Waals surface area contributed by atoms with Crippen LogP contribution in [-0.2, 0) is 0 Å². The summed E-state index contributed by atoms with van der Waals surface area (Å²) in [5.74, 6) is 0.838. The van der Waals surface area contributed by atoms with Crippen molar-refractivity contribution >= 4 is 15.9 Å². The van der Waals surface area contributed by atoms with Gasteiger partial charge in [-0.25, -0.2) is 0 Å². The standard InChI is InChI=1S/C11H19BrN2O2/c1-8(3-2-6-15)14-9(7-13)10-4-5-11(12)16-10/h4-5,8-9,14-15H,2-3,6-7,13H2,1H3. The van der Waals surface area contributed by atoms with Crippen LogP contribution in [0, 0.1) is 0 Å². The highest BCUT2D eigenvalue weighted by molar-refractivity contribution is 9.10. The van der Waals surface area contributed by atoms with Crippen molar-refractivity contribution in [3.8, 4) is 0 Å². The molecule has 0 aliphatic rings. The lowest BCUT2D eigenvalue weighted by atomic mass is 10.1. The monoisotopic (exact) mass is 290 g/mol. The maximum atomic E-state index is 8.75. The third-order valence-corrected chi connectivity index (χ3v) is 2.88. The minimum absolute atomic E-state index is 0.0278. The second-order valence-electron chi connectivity index (χ2n) is 3.86. The number of nitrogens with two attached hydrogens (primary N) is 1. The van der Waals surface area contributed by atoms with E-state index in [2.05, 4.69) is 28.2 Å². The Balaban J connectivity index is 2.48. The second-order valence-corrected chi connectivity index (χ2v) is 4.65. The number of aliphatic hydroxyl groups excluding tert-OH is 1. The smallest absolute Gasteiger partial charge is 0.169 e. The van der Waals surface area contributed by atoms with Crippen molar-refractivity contribution in [2.75, 3.05) is 13.2 Å². The number of rotatable bonds is 7. The zero-order valence-corrected chi connectivity index (χ0v) is 11.0. The fraction of sp³-hybridized carbons (Fsp3) is 0.636. The molecule has 1 aromatic rings. The molecule has 0 aromatic carbocycles. The Morgan fingerprint density at radius 2 is 2.31 bits per heavy atom. The molecule has 5 heteroatoms. The summed E-state index contributed by atoms with van der Waals surface area (Å²) in [4.78, 5) is 0. The number of aliphatic hydroxyl groups is 1. The largest absolute Gasteiger partial charge is 0.453 e. The maximum Gasteiger partial charge on any atom is 0.169 e. The van der Waals surface area contributed by atoms with Gasteiger partial charge in [-0.1, -0.05) is 0 Å². The molecule has 0 saturated carbocycles. The average Bonchev–Trinajstić information content (AvgIpc) is 2.69. The van der Waals surface area contributed by atoms with Crippen molar-refractivity contribution in [2.24, 2.45) is 5.73 Å². The summed E-state index contributed by atoms with van der Waals surface area (Å²) in [6.45, 7) is 2.80. The second kappa shape index (κ2) is 7.06. The lowest BCUT2D eigenvalue weighted by Gasteiger charge is -2.20. The average molecular weight is 291 g/mol. The van der Waals surface area contributed by atoms with Gasteiger partial charge < -0.3 is 20.6 Å². The molecule has 0 fully saturated rings. The summed E-state index contributed by atoms with van der Waals surface area (Å²) in [5, 5.41) is 12.1. The van der Waals surface area contributed by atoms with E-state index < -0.39 is 0 Å². The fourth-order valence-corrected chi connectivity index (χ4v) is 1.93. The Bertz CT molecular complexity index is 304. The van der Waals surface area contributed by atoms with E-state index >= 15 is 0 Å². The number of hydrogen-bond acceptors (Lipinski definition) is 4. The molecule has 92 valence electrons. The van der Waals surface area contributed by atoms with Crippen molar-refractivity contribution < 1.29 is 9.52 Å². The SMILES string of the molecule is CC(CCCO)NC(CN)c1ccc(Br)o1. The minimum atomic E-state index is 0.0278. The number of nitrogens with one attached hydrogen (secondary N) is 1. The van der Waals surface area contributed by atoms with Crippen LogP contribution in [0.4, 0.5) is 0 Å². The molecule has 0 radical (unpaired) electrons. The Morgan fingerprint density at radius 3 is 2.81 bits per heavy atom. The van der Waals surface area contributed by atoms with Gasteiger partial charge in [0.05, 0.1) is 6.04 Å². The molecular weight excluding hydrogens is 272 g/mol. The van der Waals surface area contributed by atoms with Gasteiger partial charge in [0.15, 0.2) is 4.67 Å². The normalized spacial score (nSPS) is 15.0. The van der Waals surface area contributed by atoms with Gasteiger partial charge in [0, 0.05) is 19.2 Å². The molecule has 2 unspecified atom stereocenters. The summed E-state index contributed by atoms with van der Waals surface area (Å²) < 4.78 is 6.18. The maximum absolute atomic E-state index is 8.75.